The van der Waals surface area contributed by atoms with Crippen LogP contribution in [-0.4, -0.2) is 21.8 Å². The Bertz CT molecular complexity index is 7400. The fourth-order valence-electron chi connectivity index (χ4n) is 9.26. The first-order chi connectivity index (χ1) is 58.1. The molecule has 0 aliphatic heterocycles. The van der Waals surface area contributed by atoms with Crippen molar-refractivity contribution in [3.8, 4) is 39.3 Å². The van der Waals surface area contributed by atoms with Crippen molar-refractivity contribution in [1.82, 2.24) is 13.7 Å². The van der Waals surface area contributed by atoms with Crippen LogP contribution in [0.1, 0.15) is 67.2 Å². The van der Waals surface area contributed by atoms with E-state index in [0.29, 0.717) is 13.7 Å². The van der Waals surface area contributed by atoms with Gasteiger partial charge in [0.25, 0.3) is 0 Å². The van der Waals surface area contributed by atoms with E-state index in [1.807, 2.05) is 0 Å². The second-order valence-electron chi connectivity index (χ2n) is 16.3. The number of benzene rings is 12. The largest absolute Gasteiger partial charge is 0.309 e. The molecule has 0 bridgehead atoms. The maximum Gasteiger partial charge on any atom is 0.179 e. The molecule has 12 aromatic carbocycles. The highest BCUT2D eigenvalue weighted by molar-refractivity contribution is 7.20. The summed E-state index contributed by atoms with van der Waals surface area (Å²) in [6.07, 6.45) is 0. The molecule has 0 saturated heterocycles. The standard InChI is InChI=1S/C72H49N3Si/c1-5-21-50(22-6-1)51-37-40-53(41-38-51)73-67-34-18-16-32-62(67)65-48-54(42-46-71(65)73)74-68-35-19-15-31-61(68)64-47-52(39-45-70(64)74)59-29-13-17-33-66(59)75-69-36-20-14-30-60(69)63-44-43-58(49-72(63)75)76(55-23-7-2-8-24-55,56-25-9-3-10-26-56)57-27-11-4-12-28-57/h1-49H/i1D,2D,3D,4D,5D,6D,7D,8D,9D,10D,11D,12D,13D,14D,15D,16D,17D,18D,19D,20D,21D,22D,23D,24D,25D,26D,27D,28D,29D,30D,31D,32D,33D,34D,35D,36D,37D,38D,39D,40D,41D,42D,43D,44D,45D,46D,47D,48D,49D. The minimum atomic E-state index is -6.82. The van der Waals surface area contributed by atoms with Crippen LogP contribution in [0.25, 0.3) is 105 Å². The van der Waals surface area contributed by atoms with E-state index in [1.54, 1.807) is 0 Å². The highest BCUT2D eigenvalue weighted by atomic mass is 28.3. The molecule has 3 heterocycles. The van der Waals surface area contributed by atoms with E-state index in [9.17, 15) is 41.1 Å². The summed E-state index contributed by atoms with van der Waals surface area (Å²) in [4.78, 5) is 0. The van der Waals surface area contributed by atoms with Crippen molar-refractivity contribution in [1.29, 1.82) is 0 Å². The highest BCUT2D eigenvalue weighted by Crippen LogP contribution is 2.41. The van der Waals surface area contributed by atoms with Gasteiger partial charge >= 0.3 is 0 Å². The van der Waals surface area contributed by atoms with E-state index >= 15 is 0 Å². The summed E-state index contributed by atoms with van der Waals surface area (Å²) in [7, 11) is -6.82. The Labute approximate surface area is 510 Å². The van der Waals surface area contributed by atoms with Crippen LogP contribution in [0, 0.1) is 0 Å². The lowest BCUT2D eigenvalue weighted by atomic mass is 10.0. The van der Waals surface area contributed by atoms with Gasteiger partial charge in [-0.25, -0.2) is 0 Å². The molecule has 0 atom stereocenters. The molecule has 356 valence electrons. The normalized spacial score (nSPS) is 21.0. The quantitative estimate of drug-likeness (QED) is 0.101. The van der Waals surface area contributed by atoms with Crippen molar-refractivity contribution in [2.24, 2.45) is 0 Å². The Morgan fingerprint density at radius 1 is 0.237 bits per heavy atom. The van der Waals surface area contributed by atoms with Crippen molar-refractivity contribution in [2.75, 3.05) is 0 Å². The van der Waals surface area contributed by atoms with Crippen LogP contribution < -0.4 is 20.7 Å². The second-order valence-corrected chi connectivity index (χ2v) is 19.8. The van der Waals surface area contributed by atoms with Gasteiger partial charge < -0.3 is 13.7 Å². The number of rotatable bonds is 9. The van der Waals surface area contributed by atoms with Crippen LogP contribution in [0.2, 0.25) is 0 Å². The fourth-order valence-corrected chi connectivity index (χ4v) is 12.8. The maximum absolute atomic E-state index is 11.0. The van der Waals surface area contributed by atoms with Gasteiger partial charge in [0.05, 0.1) is 106 Å². The third-order valence-electron chi connectivity index (χ3n) is 12.4. The van der Waals surface area contributed by atoms with E-state index in [0.717, 1.165) is 0 Å². The van der Waals surface area contributed by atoms with Gasteiger partial charge in [0.15, 0.2) is 8.07 Å². The van der Waals surface area contributed by atoms with E-state index in [1.165, 1.54) is 0 Å². The molecule has 76 heavy (non-hydrogen) atoms. The monoisotopic (exact) mass is 1030 g/mol. The molecular formula is C72H49N3Si. The van der Waals surface area contributed by atoms with Crippen LogP contribution in [0.5, 0.6) is 0 Å². The van der Waals surface area contributed by atoms with Gasteiger partial charge in [-0.2, -0.15) is 0 Å². The Morgan fingerprint density at radius 2 is 0.645 bits per heavy atom. The zero-order valence-corrected chi connectivity index (χ0v) is 38.8. The fraction of sp³-hybridized carbons (Fsp3) is 0. The topological polar surface area (TPSA) is 14.8 Å². The summed E-state index contributed by atoms with van der Waals surface area (Å²) in [5.41, 5.74) is -13.7. The summed E-state index contributed by atoms with van der Waals surface area (Å²) < 4.78 is 465. The Balaban J connectivity index is 1.15. The SMILES string of the molecule is [2H]c1c([2H])c([2H])c(-c2c([2H])c([2H])c(-n3c4c([2H])c([2H])c([2H])c([2H])c4c4c([2H])c(-n5c6c([2H])c([2H])c([2H])c([2H])c6c6c([2H])c(-c7c([2H])c([2H])c([2H])c([2H])c7-n7c8c([2H])c([2H])c([2H])c([2H])c8c8c([2H])c([2H])c([Si](c9c([2H])c([2H])c([2H])c([2H])c9[2H])(c9c([2H])c([2H])c([2H])c([2H])c9[2H])c9c([2H])c([2H])c([2H])c([2H])c9[2H])c([2H])c87)c([2H])c([2H])c65)c([2H])c([2H])c43)c([2H])c2[2H])c([2H])c1[2H]. The summed E-state index contributed by atoms with van der Waals surface area (Å²) in [5.74, 6) is 0. The first kappa shape index (κ1) is 16.9. The minimum absolute atomic E-state index is 0.388. The summed E-state index contributed by atoms with van der Waals surface area (Å²) in [6, 6.07) is -61.9. The molecule has 0 aliphatic rings. The first-order valence-corrected chi connectivity index (χ1v) is 24.3. The molecule has 4 heteroatoms. The molecule has 0 fully saturated rings. The molecule has 15 aromatic rings. The third kappa shape index (κ3) is 6.74. The molecule has 0 spiro atoms. The van der Waals surface area contributed by atoms with Gasteiger partial charge in [-0.05, 0) is 110 Å². The van der Waals surface area contributed by atoms with Crippen molar-refractivity contribution in [3.05, 3.63) is 296 Å². The van der Waals surface area contributed by atoms with Crippen molar-refractivity contribution in [3.63, 3.8) is 0 Å². The number of aromatic nitrogens is 3. The van der Waals surface area contributed by atoms with E-state index in [2.05, 4.69) is 0 Å². The molecule has 3 aromatic heterocycles. The number of hydrogen-bond donors (Lipinski definition) is 0. The van der Waals surface area contributed by atoms with Gasteiger partial charge in [0.1, 0.15) is 0 Å². The highest BCUT2D eigenvalue weighted by Gasteiger charge is 2.41. The third-order valence-corrected chi connectivity index (χ3v) is 16.4. The Morgan fingerprint density at radius 3 is 1.25 bits per heavy atom. The molecule has 3 nitrogen and oxygen atoms in total. The minimum Gasteiger partial charge on any atom is -0.309 e. The zero-order chi connectivity index (χ0) is 92.8. The van der Waals surface area contributed by atoms with Crippen LogP contribution in [0.4, 0.5) is 0 Å². The second kappa shape index (κ2) is 17.7. The number of para-hydroxylation sites is 4. The summed E-state index contributed by atoms with van der Waals surface area (Å²) >= 11 is 0. The predicted molar refractivity (Wildman–Crippen MR) is 324 cm³/mol. The van der Waals surface area contributed by atoms with Crippen LogP contribution in [0.3, 0.4) is 0 Å². The van der Waals surface area contributed by atoms with Crippen molar-refractivity contribution in [2.45, 2.75) is 0 Å². The van der Waals surface area contributed by atoms with Crippen LogP contribution in [0.15, 0.2) is 296 Å². The molecule has 0 N–H and O–H groups in total. The zero-order valence-electron chi connectivity index (χ0n) is 86.8. The lowest BCUT2D eigenvalue weighted by Gasteiger charge is -2.34. The van der Waals surface area contributed by atoms with Crippen molar-refractivity contribution < 1.29 is 67.2 Å². The van der Waals surface area contributed by atoms with Crippen LogP contribution in [-0.2, 0) is 0 Å². The molecule has 0 amide bonds. The Kier molecular flexibility index (Phi) is 3.94. The average Bonchev–Trinajstić information content (AvgIpc) is 1.66. The molecule has 0 radical (unpaired) electrons. The Hall–Kier alpha value is -9.74. The molecule has 15 rings (SSSR count). The number of hydrogen-bond acceptors (Lipinski definition) is 0. The average molecular weight is 1030 g/mol. The lowest BCUT2D eigenvalue weighted by molar-refractivity contribution is 1.16. The lowest BCUT2D eigenvalue weighted by Crippen LogP contribution is -2.74. The predicted octanol–water partition coefficient (Wildman–Crippen LogP) is 15.7. The molecule has 0 unspecified atom stereocenters. The number of fused-ring (bicyclic) bond motifs is 9. The van der Waals surface area contributed by atoms with E-state index < -0.39 is 430 Å². The van der Waals surface area contributed by atoms with E-state index in [-0.39, 0.29) is 0 Å². The maximum atomic E-state index is 11.0. The number of nitrogens with zero attached hydrogens (tertiary/aromatic N) is 3. The smallest absolute Gasteiger partial charge is 0.179 e. The van der Waals surface area contributed by atoms with Gasteiger partial charge in [-0.15, -0.1) is 0 Å². The van der Waals surface area contributed by atoms with E-state index in [4.69, 9.17) is 26.0 Å². The van der Waals surface area contributed by atoms with Gasteiger partial charge in [0.2, 0.25) is 0 Å². The van der Waals surface area contributed by atoms with Gasteiger partial charge in [-0.3, -0.25) is 0 Å². The summed E-state index contributed by atoms with van der Waals surface area (Å²) in [6.45, 7) is 0. The van der Waals surface area contributed by atoms with Crippen LogP contribution >= 0.6 is 0 Å². The molecular weight excluding hydrogens is 935 g/mol. The summed E-state index contributed by atoms with van der Waals surface area (Å²) in [5, 5.41) is -11.0. The van der Waals surface area contributed by atoms with Crippen molar-refractivity contribution >= 4 is 94.2 Å². The molecule has 0 aliphatic carbocycles. The van der Waals surface area contributed by atoms with Gasteiger partial charge in [0, 0.05) is 49.3 Å². The first-order valence-electron chi connectivity index (χ1n) is 46.8. The van der Waals surface area contributed by atoms with Gasteiger partial charge in [-0.1, -0.05) is 224 Å². The molecule has 0 saturated carbocycles.